The smallest absolute Gasteiger partial charge is 0.0574 e. The number of halogens is 1. The van der Waals surface area contributed by atoms with Gasteiger partial charge in [0.1, 0.15) is 0 Å². The molecule has 0 aliphatic heterocycles. The van der Waals surface area contributed by atoms with Crippen LogP contribution in [0, 0.1) is 6.92 Å². The molecular formula is C10H17ClN2O. The Bertz CT molecular complexity index is 268. The SMILES string of the molecule is Cc1cccc([C@H](N)CCCO)n1.Cl. The molecule has 0 saturated carbocycles. The summed E-state index contributed by atoms with van der Waals surface area (Å²) in [5, 5.41) is 8.64. The molecule has 0 aromatic carbocycles. The van der Waals surface area contributed by atoms with Gasteiger partial charge in [0.2, 0.25) is 0 Å². The van der Waals surface area contributed by atoms with E-state index in [4.69, 9.17) is 10.8 Å². The van der Waals surface area contributed by atoms with Crippen LogP contribution in [0.25, 0.3) is 0 Å². The Morgan fingerprint density at radius 3 is 2.79 bits per heavy atom. The summed E-state index contributed by atoms with van der Waals surface area (Å²) in [6.07, 6.45) is 1.52. The second-order valence-corrected chi connectivity index (χ2v) is 3.18. The van der Waals surface area contributed by atoms with Crippen molar-refractivity contribution < 1.29 is 5.11 Å². The average Bonchev–Trinajstić information content (AvgIpc) is 2.14. The van der Waals surface area contributed by atoms with Crippen LogP contribution < -0.4 is 5.73 Å². The predicted octanol–water partition coefficient (Wildman–Crippen LogP) is 1.58. The van der Waals surface area contributed by atoms with Crippen molar-refractivity contribution in [1.29, 1.82) is 0 Å². The zero-order valence-corrected chi connectivity index (χ0v) is 9.13. The van der Waals surface area contributed by atoms with Gasteiger partial charge in [0, 0.05) is 18.3 Å². The molecule has 0 aliphatic rings. The minimum absolute atomic E-state index is 0. The number of aryl methyl sites for hydroxylation is 1. The summed E-state index contributed by atoms with van der Waals surface area (Å²) in [4.78, 5) is 4.32. The van der Waals surface area contributed by atoms with E-state index in [-0.39, 0.29) is 25.1 Å². The third-order valence-corrected chi connectivity index (χ3v) is 1.96. The molecule has 0 bridgehead atoms. The molecule has 80 valence electrons. The molecule has 1 aromatic heterocycles. The first-order chi connectivity index (χ1) is 6.24. The van der Waals surface area contributed by atoms with Gasteiger partial charge in [-0.15, -0.1) is 12.4 Å². The van der Waals surface area contributed by atoms with Gasteiger partial charge in [-0.25, -0.2) is 0 Å². The average molecular weight is 217 g/mol. The Kier molecular flexibility index (Phi) is 6.45. The lowest BCUT2D eigenvalue weighted by molar-refractivity contribution is 0.279. The zero-order valence-electron chi connectivity index (χ0n) is 8.31. The number of nitrogens with zero attached hydrogens (tertiary/aromatic N) is 1. The lowest BCUT2D eigenvalue weighted by Gasteiger charge is -2.10. The minimum Gasteiger partial charge on any atom is -0.396 e. The van der Waals surface area contributed by atoms with Crippen molar-refractivity contribution >= 4 is 12.4 Å². The third kappa shape index (κ3) is 4.05. The number of rotatable bonds is 4. The summed E-state index contributed by atoms with van der Waals surface area (Å²) in [5.41, 5.74) is 7.77. The fourth-order valence-corrected chi connectivity index (χ4v) is 1.23. The van der Waals surface area contributed by atoms with Gasteiger partial charge in [-0.1, -0.05) is 6.07 Å². The van der Waals surface area contributed by atoms with Crippen LogP contribution in [0.5, 0.6) is 0 Å². The molecule has 14 heavy (non-hydrogen) atoms. The molecule has 4 heteroatoms. The van der Waals surface area contributed by atoms with E-state index >= 15 is 0 Å². The first-order valence-electron chi connectivity index (χ1n) is 4.54. The topological polar surface area (TPSA) is 59.1 Å². The fraction of sp³-hybridized carbons (Fsp3) is 0.500. The van der Waals surface area contributed by atoms with E-state index in [1.807, 2.05) is 25.1 Å². The van der Waals surface area contributed by atoms with Gasteiger partial charge in [-0.2, -0.15) is 0 Å². The van der Waals surface area contributed by atoms with Crippen LogP contribution in [-0.4, -0.2) is 16.7 Å². The first kappa shape index (κ1) is 13.4. The maximum Gasteiger partial charge on any atom is 0.0574 e. The number of hydrogen-bond acceptors (Lipinski definition) is 3. The van der Waals surface area contributed by atoms with Gasteiger partial charge >= 0.3 is 0 Å². The van der Waals surface area contributed by atoms with Gasteiger partial charge in [-0.05, 0) is 31.9 Å². The number of nitrogens with two attached hydrogens (primary N) is 1. The molecule has 3 nitrogen and oxygen atoms in total. The van der Waals surface area contributed by atoms with Crippen LogP contribution in [-0.2, 0) is 0 Å². The highest BCUT2D eigenvalue weighted by Crippen LogP contribution is 2.12. The molecule has 0 amide bonds. The Balaban J connectivity index is 0.00000169. The van der Waals surface area contributed by atoms with Crippen molar-refractivity contribution in [3.63, 3.8) is 0 Å². The number of pyridine rings is 1. The van der Waals surface area contributed by atoms with Gasteiger partial charge < -0.3 is 10.8 Å². The van der Waals surface area contributed by atoms with E-state index in [9.17, 15) is 0 Å². The molecule has 3 N–H and O–H groups in total. The summed E-state index contributed by atoms with van der Waals surface area (Å²) < 4.78 is 0. The van der Waals surface area contributed by atoms with Crippen LogP contribution in [0.3, 0.4) is 0 Å². The van der Waals surface area contributed by atoms with E-state index in [2.05, 4.69) is 4.98 Å². The Morgan fingerprint density at radius 1 is 1.50 bits per heavy atom. The lowest BCUT2D eigenvalue weighted by Crippen LogP contribution is -2.12. The molecule has 1 atom stereocenters. The van der Waals surface area contributed by atoms with E-state index in [1.165, 1.54) is 0 Å². The Labute approximate surface area is 90.8 Å². The molecule has 1 aromatic rings. The number of aromatic nitrogens is 1. The van der Waals surface area contributed by atoms with Crippen LogP contribution >= 0.6 is 12.4 Å². The summed E-state index contributed by atoms with van der Waals surface area (Å²) in [6.45, 7) is 2.14. The van der Waals surface area contributed by atoms with Crippen molar-refractivity contribution in [3.8, 4) is 0 Å². The number of hydrogen-bond donors (Lipinski definition) is 2. The summed E-state index contributed by atoms with van der Waals surface area (Å²) in [5.74, 6) is 0. The zero-order chi connectivity index (χ0) is 9.68. The minimum atomic E-state index is -0.0490. The third-order valence-electron chi connectivity index (χ3n) is 1.96. The second kappa shape index (κ2) is 6.76. The van der Waals surface area contributed by atoms with E-state index in [0.717, 1.165) is 24.2 Å². The normalized spacial score (nSPS) is 11.9. The standard InChI is InChI=1S/C10H16N2O.ClH/c1-8-4-2-6-10(12-8)9(11)5-3-7-13;/h2,4,6,9,13H,3,5,7,11H2,1H3;1H/t9-;/m1./s1. The van der Waals surface area contributed by atoms with Gasteiger partial charge in [0.05, 0.1) is 5.69 Å². The van der Waals surface area contributed by atoms with Crippen LogP contribution in [0.2, 0.25) is 0 Å². The van der Waals surface area contributed by atoms with E-state index in [0.29, 0.717) is 0 Å². The molecule has 0 spiro atoms. The molecule has 0 unspecified atom stereocenters. The van der Waals surface area contributed by atoms with Crippen LogP contribution in [0.4, 0.5) is 0 Å². The Morgan fingerprint density at radius 2 is 2.21 bits per heavy atom. The van der Waals surface area contributed by atoms with E-state index < -0.39 is 0 Å². The van der Waals surface area contributed by atoms with Crippen molar-refractivity contribution in [1.82, 2.24) is 4.98 Å². The van der Waals surface area contributed by atoms with Crippen molar-refractivity contribution in [2.75, 3.05) is 6.61 Å². The van der Waals surface area contributed by atoms with Crippen LogP contribution in [0.15, 0.2) is 18.2 Å². The van der Waals surface area contributed by atoms with Gasteiger partial charge in [0.25, 0.3) is 0 Å². The molecule has 0 fully saturated rings. The molecule has 1 rings (SSSR count). The predicted molar refractivity (Wildman–Crippen MR) is 59.5 cm³/mol. The highest BCUT2D eigenvalue weighted by molar-refractivity contribution is 5.85. The van der Waals surface area contributed by atoms with Crippen molar-refractivity contribution in [3.05, 3.63) is 29.6 Å². The quantitative estimate of drug-likeness (QED) is 0.804. The monoisotopic (exact) mass is 216 g/mol. The Hall–Kier alpha value is -0.640. The molecule has 0 radical (unpaired) electrons. The summed E-state index contributed by atoms with van der Waals surface area (Å²) >= 11 is 0. The lowest BCUT2D eigenvalue weighted by atomic mass is 10.1. The molecule has 0 aliphatic carbocycles. The first-order valence-corrected chi connectivity index (χ1v) is 4.54. The summed E-state index contributed by atoms with van der Waals surface area (Å²) in [7, 11) is 0. The van der Waals surface area contributed by atoms with Gasteiger partial charge in [0.15, 0.2) is 0 Å². The largest absolute Gasteiger partial charge is 0.396 e. The number of aliphatic hydroxyl groups excluding tert-OH is 1. The highest BCUT2D eigenvalue weighted by Gasteiger charge is 2.06. The van der Waals surface area contributed by atoms with Gasteiger partial charge in [-0.3, -0.25) is 4.98 Å². The fourth-order valence-electron chi connectivity index (χ4n) is 1.23. The molecule has 1 heterocycles. The number of aliphatic hydroxyl groups is 1. The highest BCUT2D eigenvalue weighted by atomic mass is 35.5. The van der Waals surface area contributed by atoms with Crippen molar-refractivity contribution in [2.45, 2.75) is 25.8 Å². The van der Waals surface area contributed by atoms with Crippen molar-refractivity contribution in [2.24, 2.45) is 5.73 Å². The maximum absolute atomic E-state index is 8.64. The summed E-state index contributed by atoms with van der Waals surface area (Å²) in [6, 6.07) is 5.78. The second-order valence-electron chi connectivity index (χ2n) is 3.18. The van der Waals surface area contributed by atoms with E-state index in [1.54, 1.807) is 0 Å². The molecule has 0 saturated heterocycles. The maximum atomic E-state index is 8.64. The van der Waals surface area contributed by atoms with Crippen LogP contribution in [0.1, 0.15) is 30.3 Å². The molecular weight excluding hydrogens is 200 g/mol.